The first-order valence-electron chi connectivity index (χ1n) is 7.00. The van der Waals surface area contributed by atoms with E-state index in [-0.39, 0.29) is 5.41 Å². The summed E-state index contributed by atoms with van der Waals surface area (Å²) in [6.45, 7) is 14.5. The molecule has 0 aromatic rings. The number of rotatable bonds is 2. The molecule has 1 amide bonds. The maximum Gasteiger partial charge on any atom is 0.223 e. The Morgan fingerprint density at radius 1 is 1.29 bits per heavy atom. The van der Waals surface area contributed by atoms with E-state index in [2.05, 4.69) is 45.7 Å². The van der Waals surface area contributed by atoms with E-state index in [1.807, 2.05) is 0 Å². The number of hydrogen-bond donors (Lipinski definition) is 0. The van der Waals surface area contributed by atoms with Crippen LogP contribution in [0.5, 0.6) is 0 Å². The second-order valence-electron chi connectivity index (χ2n) is 7.28. The molecule has 2 nitrogen and oxygen atoms in total. The van der Waals surface area contributed by atoms with Crippen LogP contribution in [0.15, 0.2) is 0 Å². The molecule has 0 aromatic heterocycles. The normalized spacial score (nSPS) is 26.4. The van der Waals surface area contributed by atoms with Gasteiger partial charge in [0.2, 0.25) is 5.91 Å². The lowest BCUT2D eigenvalue weighted by Crippen LogP contribution is -2.52. The van der Waals surface area contributed by atoms with Crippen LogP contribution >= 0.6 is 0 Å². The van der Waals surface area contributed by atoms with Gasteiger partial charge in [-0.1, -0.05) is 40.8 Å². The lowest BCUT2D eigenvalue weighted by Gasteiger charge is -2.41. The highest BCUT2D eigenvalue weighted by Crippen LogP contribution is 2.27. The molecule has 100 valence electrons. The summed E-state index contributed by atoms with van der Waals surface area (Å²) < 4.78 is 0. The van der Waals surface area contributed by atoms with Gasteiger partial charge in [-0.15, -0.1) is 0 Å². The van der Waals surface area contributed by atoms with Crippen LogP contribution in [0, 0.1) is 11.3 Å². The van der Waals surface area contributed by atoms with Crippen molar-refractivity contribution in [3.63, 3.8) is 0 Å². The third-order valence-corrected chi connectivity index (χ3v) is 5.87. The van der Waals surface area contributed by atoms with E-state index >= 15 is 0 Å². The number of carbonyl (C=O) groups excluding carboxylic acids is 1. The van der Waals surface area contributed by atoms with E-state index in [0.29, 0.717) is 23.9 Å². The summed E-state index contributed by atoms with van der Waals surface area (Å²) in [5, 5.41) is 0. The Bertz CT molecular complexity index is 270. The maximum absolute atomic E-state index is 12.4. The van der Waals surface area contributed by atoms with E-state index in [9.17, 15) is 4.79 Å². The van der Waals surface area contributed by atoms with E-state index in [1.165, 1.54) is 12.8 Å². The van der Waals surface area contributed by atoms with Gasteiger partial charge < -0.3 is 4.90 Å². The van der Waals surface area contributed by atoms with Gasteiger partial charge in [0.15, 0.2) is 0 Å². The summed E-state index contributed by atoms with van der Waals surface area (Å²) >= 11 is 0. The number of carbonyl (C=O) groups is 1. The molecule has 1 rings (SSSR count). The molecule has 3 heteroatoms. The van der Waals surface area contributed by atoms with Gasteiger partial charge in [0.1, 0.15) is 0 Å². The van der Waals surface area contributed by atoms with Gasteiger partial charge in [-0.3, -0.25) is 4.79 Å². The molecule has 1 fully saturated rings. The monoisotopic (exact) mass is 255 g/mol. The average molecular weight is 255 g/mol. The van der Waals surface area contributed by atoms with Gasteiger partial charge in [-0.25, -0.2) is 0 Å². The van der Waals surface area contributed by atoms with Crippen LogP contribution in [0.2, 0.25) is 13.1 Å². The summed E-state index contributed by atoms with van der Waals surface area (Å²) in [6, 6.07) is 0. The van der Waals surface area contributed by atoms with Gasteiger partial charge in [0, 0.05) is 18.6 Å². The number of piperidine rings is 1. The minimum atomic E-state index is -0.756. The molecule has 17 heavy (non-hydrogen) atoms. The van der Waals surface area contributed by atoms with Gasteiger partial charge in [0.25, 0.3) is 0 Å². The first-order chi connectivity index (χ1) is 7.70. The topological polar surface area (TPSA) is 20.3 Å². The first kappa shape index (κ1) is 14.7. The molecule has 1 saturated heterocycles. The van der Waals surface area contributed by atoms with Gasteiger partial charge in [0.05, 0.1) is 8.80 Å². The van der Waals surface area contributed by atoms with Crippen molar-refractivity contribution in [2.75, 3.05) is 6.54 Å². The van der Waals surface area contributed by atoms with Crippen molar-refractivity contribution >= 4 is 14.7 Å². The van der Waals surface area contributed by atoms with Crippen LogP contribution < -0.4 is 0 Å². The molecule has 1 heterocycles. The predicted octanol–water partition coefficient (Wildman–Crippen LogP) is 3.08. The fourth-order valence-corrected chi connectivity index (χ4v) is 4.58. The van der Waals surface area contributed by atoms with E-state index in [4.69, 9.17) is 0 Å². The highest BCUT2D eigenvalue weighted by atomic mass is 28.3. The van der Waals surface area contributed by atoms with Crippen molar-refractivity contribution < 1.29 is 4.79 Å². The third-order valence-electron chi connectivity index (χ3n) is 3.64. The fraction of sp³-hybridized carbons (Fsp3) is 0.929. The summed E-state index contributed by atoms with van der Waals surface area (Å²) in [6.07, 6.45) is 3.23. The fourth-order valence-electron chi connectivity index (χ4n) is 2.71. The summed E-state index contributed by atoms with van der Waals surface area (Å²) in [7, 11) is -0.756. The second kappa shape index (κ2) is 5.55. The van der Waals surface area contributed by atoms with E-state index in [1.54, 1.807) is 0 Å². The minimum Gasteiger partial charge on any atom is -0.343 e. The van der Waals surface area contributed by atoms with Crippen molar-refractivity contribution in [1.29, 1.82) is 0 Å². The molecule has 1 aliphatic heterocycles. The molecular weight excluding hydrogens is 226 g/mol. The molecule has 1 aliphatic rings. The molecule has 2 atom stereocenters. The lowest BCUT2D eigenvalue weighted by atomic mass is 9.90. The first-order valence-corrected chi connectivity index (χ1v) is 9.98. The number of amides is 1. The smallest absolute Gasteiger partial charge is 0.223 e. The molecule has 0 aliphatic carbocycles. The molecular formula is C14H29NOSi. The summed E-state index contributed by atoms with van der Waals surface area (Å²) in [5.41, 5.74) is 0.710. The zero-order valence-corrected chi connectivity index (χ0v) is 13.6. The maximum atomic E-state index is 12.4. The second-order valence-corrected chi connectivity index (χ2v) is 10.5. The van der Waals surface area contributed by atoms with Gasteiger partial charge >= 0.3 is 0 Å². The van der Waals surface area contributed by atoms with Crippen molar-refractivity contribution in [3.05, 3.63) is 0 Å². The zero-order chi connectivity index (χ0) is 13.2. The summed E-state index contributed by atoms with van der Waals surface area (Å²) in [4.78, 5) is 14.6. The Hall–Kier alpha value is -0.313. The zero-order valence-electron chi connectivity index (χ0n) is 12.4. The number of nitrogens with zero attached hydrogens (tertiary/aromatic N) is 1. The third kappa shape index (κ3) is 4.45. The Labute approximate surface area is 108 Å². The SMILES string of the molecule is C[C@@H]1CCC([SiH](C)C)N(C(=O)CC(C)(C)C)C1. The Kier molecular flexibility index (Phi) is 4.82. The van der Waals surface area contributed by atoms with Crippen LogP contribution in [-0.2, 0) is 4.79 Å². The van der Waals surface area contributed by atoms with Crippen molar-refractivity contribution in [2.45, 2.75) is 65.7 Å². The van der Waals surface area contributed by atoms with Crippen molar-refractivity contribution in [2.24, 2.45) is 11.3 Å². The molecule has 0 N–H and O–H groups in total. The number of likely N-dealkylation sites (tertiary alicyclic amines) is 1. The Morgan fingerprint density at radius 3 is 2.35 bits per heavy atom. The van der Waals surface area contributed by atoms with Crippen LogP contribution in [0.4, 0.5) is 0 Å². The molecule has 0 spiro atoms. The lowest BCUT2D eigenvalue weighted by molar-refractivity contribution is -0.136. The van der Waals surface area contributed by atoms with Gasteiger partial charge in [-0.05, 0) is 24.2 Å². The van der Waals surface area contributed by atoms with Crippen LogP contribution in [0.1, 0.15) is 47.0 Å². The van der Waals surface area contributed by atoms with Crippen molar-refractivity contribution in [3.8, 4) is 0 Å². The van der Waals surface area contributed by atoms with Crippen molar-refractivity contribution in [1.82, 2.24) is 4.90 Å². The van der Waals surface area contributed by atoms with Crippen LogP contribution in [0.25, 0.3) is 0 Å². The Balaban J connectivity index is 2.72. The highest BCUT2D eigenvalue weighted by Gasteiger charge is 2.33. The summed E-state index contributed by atoms with van der Waals surface area (Å²) in [5.74, 6) is 1.07. The average Bonchev–Trinajstić information content (AvgIpc) is 2.14. The van der Waals surface area contributed by atoms with E-state index < -0.39 is 8.80 Å². The number of hydrogen-bond acceptors (Lipinski definition) is 1. The predicted molar refractivity (Wildman–Crippen MR) is 76.8 cm³/mol. The largest absolute Gasteiger partial charge is 0.343 e. The Morgan fingerprint density at radius 2 is 1.88 bits per heavy atom. The van der Waals surface area contributed by atoms with Gasteiger partial charge in [-0.2, -0.15) is 0 Å². The molecule has 1 unspecified atom stereocenters. The van der Waals surface area contributed by atoms with Crippen LogP contribution in [0.3, 0.4) is 0 Å². The molecule has 0 bridgehead atoms. The minimum absolute atomic E-state index is 0.112. The highest BCUT2D eigenvalue weighted by molar-refractivity contribution is 6.57. The quantitative estimate of drug-likeness (QED) is 0.694. The van der Waals surface area contributed by atoms with Crippen LogP contribution in [-0.4, -0.2) is 31.8 Å². The standard InChI is InChI=1S/C14H29NOSi/c1-11-7-8-13(17(5)6)15(10-11)12(16)9-14(2,3)4/h11,13,17H,7-10H2,1-6H3/t11-,13?/m1/s1. The van der Waals surface area contributed by atoms with E-state index in [0.717, 1.165) is 6.54 Å². The molecule has 0 aromatic carbocycles. The molecule has 0 saturated carbocycles. The molecule has 0 radical (unpaired) electrons.